The van der Waals surface area contributed by atoms with E-state index in [0.29, 0.717) is 0 Å². The number of rotatable bonds is 3. The van der Waals surface area contributed by atoms with E-state index in [-0.39, 0.29) is 17.3 Å². The van der Waals surface area contributed by atoms with E-state index < -0.39 is 5.97 Å². The molecule has 2 aromatic rings. The highest BCUT2D eigenvalue weighted by Crippen LogP contribution is 2.27. The first-order chi connectivity index (χ1) is 8.58. The number of nitrogens with zero attached hydrogens (tertiary/aromatic N) is 2. The number of para-hydroxylation sites is 1. The molecule has 18 heavy (non-hydrogen) atoms. The minimum atomic E-state index is -1.04. The minimum absolute atomic E-state index is 0.0965. The van der Waals surface area contributed by atoms with Crippen LogP contribution in [-0.4, -0.2) is 21.0 Å². The average Bonchev–Trinajstić information content (AvgIpc) is 2.34. The molecule has 0 atom stereocenters. The molecule has 0 radical (unpaired) electrons. The van der Waals surface area contributed by atoms with Gasteiger partial charge in [-0.2, -0.15) is 0 Å². The summed E-state index contributed by atoms with van der Waals surface area (Å²) in [4.78, 5) is 19.1. The van der Waals surface area contributed by atoms with Crippen molar-refractivity contribution in [3.63, 3.8) is 0 Å². The molecule has 1 N–H and O–H groups in total. The third-order valence-corrected chi connectivity index (χ3v) is 2.39. The third kappa shape index (κ3) is 2.45. The molecular formula is C13H12N2O3. The van der Waals surface area contributed by atoms with Crippen molar-refractivity contribution >= 4 is 5.97 Å². The van der Waals surface area contributed by atoms with E-state index in [1.54, 1.807) is 31.5 Å². The number of aromatic nitrogens is 2. The van der Waals surface area contributed by atoms with Gasteiger partial charge in [0.2, 0.25) is 0 Å². The van der Waals surface area contributed by atoms with Crippen LogP contribution in [0.15, 0.2) is 30.6 Å². The minimum Gasteiger partial charge on any atom is -0.478 e. The van der Waals surface area contributed by atoms with Gasteiger partial charge in [-0.3, -0.25) is 0 Å². The highest BCUT2D eigenvalue weighted by molar-refractivity contribution is 5.91. The van der Waals surface area contributed by atoms with Crippen LogP contribution in [0.25, 0.3) is 0 Å². The average molecular weight is 244 g/mol. The van der Waals surface area contributed by atoms with Gasteiger partial charge in [-0.25, -0.2) is 14.8 Å². The molecule has 1 aromatic heterocycles. The molecule has 5 heteroatoms. The maximum Gasteiger partial charge on any atom is 0.339 e. The molecule has 0 spiro atoms. The highest BCUT2D eigenvalue weighted by atomic mass is 16.5. The molecule has 1 heterocycles. The lowest BCUT2D eigenvalue weighted by atomic mass is 10.1. The normalized spacial score (nSPS) is 10.1. The van der Waals surface area contributed by atoms with Gasteiger partial charge in [-0.05, 0) is 31.0 Å². The van der Waals surface area contributed by atoms with Gasteiger partial charge in [-0.15, -0.1) is 0 Å². The van der Waals surface area contributed by atoms with Crippen LogP contribution < -0.4 is 4.74 Å². The molecule has 0 saturated carbocycles. The van der Waals surface area contributed by atoms with E-state index in [2.05, 4.69) is 9.97 Å². The lowest BCUT2D eigenvalue weighted by molar-refractivity contribution is 0.0694. The molecule has 0 aliphatic carbocycles. The second-order valence-corrected chi connectivity index (χ2v) is 3.90. The molecule has 2 rings (SSSR count). The highest BCUT2D eigenvalue weighted by Gasteiger charge is 2.14. The second kappa shape index (κ2) is 4.83. The summed E-state index contributed by atoms with van der Waals surface area (Å²) < 4.78 is 5.45. The van der Waals surface area contributed by atoms with Crippen LogP contribution in [-0.2, 0) is 0 Å². The number of aromatic carboxylic acids is 1. The van der Waals surface area contributed by atoms with Crippen LogP contribution in [0.2, 0.25) is 0 Å². The van der Waals surface area contributed by atoms with E-state index in [1.807, 2.05) is 6.92 Å². The lowest BCUT2D eigenvalue weighted by Gasteiger charge is -2.09. The Bertz CT molecular complexity index is 579. The zero-order chi connectivity index (χ0) is 13.1. The fourth-order valence-electron chi connectivity index (χ4n) is 1.48. The Kier molecular flexibility index (Phi) is 3.23. The summed E-state index contributed by atoms with van der Waals surface area (Å²) in [5, 5.41) is 9.09. The molecule has 0 aliphatic heterocycles. The fraction of sp³-hybridized carbons (Fsp3) is 0.154. The summed E-state index contributed by atoms with van der Waals surface area (Å²) >= 11 is 0. The van der Waals surface area contributed by atoms with Gasteiger partial charge in [0.1, 0.15) is 11.3 Å². The Morgan fingerprint density at radius 1 is 1.22 bits per heavy atom. The topological polar surface area (TPSA) is 72.3 Å². The van der Waals surface area contributed by atoms with E-state index in [9.17, 15) is 4.79 Å². The first kappa shape index (κ1) is 12.0. The summed E-state index contributed by atoms with van der Waals surface area (Å²) in [5.74, 6) is -0.769. The molecular weight excluding hydrogens is 232 g/mol. The number of carboxylic acid groups (broad SMARTS) is 1. The first-order valence-corrected chi connectivity index (χ1v) is 5.37. The van der Waals surface area contributed by atoms with Gasteiger partial charge < -0.3 is 9.84 Å². The molecule has 0 fully saturated rings. The predicted molar refractivity (Wildman–Crippen MR) is 65.0 cm³/mol. The van der Waals surface area contributed by atoms with E-state index in [4.69, 9.17) is 9.84 Å². The van der Waals surface area contributed by atoms with Crippen molar-refractivity contribution in [3.8, 4) is 11.8 Å². The van der Waals surface area contributed by atoms with Gasteiger partial charge in [0.15, 0.2) is 0 Å². The number of hydrogen-bond acceptors (Lipinski definition) is 4. The van der Waals surface area contributed by atoms with Crippen molar-refractivity contribution < 1.29 is 14.6 Å². The van der Waals surface area contributed by atoms with Crippen LogP contribution in [0.3, 0.4) is 0 Å². The summed E-state index contributed by atoms with van der Waals surface area (Å²) in [7, 11) is 0. The van der Waals surface area contributed by atoms with Crippen molar-refractivity contribution in [1.82, 2.24) is 9.97 Å². The Hall–Kier alpha value is -2.43. The quantitative estimate of drug-likeness (QED) is 0.898. The van der Waals surface area contributed by atoms with Crippen LogP contribution in [0.1, 0.15) is 21.5 Å². The molecule has 5 nitrogen and oxygen atoms in total. The van der Waals surface area contributed by atoms with Gasteiger partial charge in [0, 0.05) is 12.4 Å². The molecule has 0 bridgehead atoms. The number of aryl methyl sites for hydroxylation is 2. The Labute approximate surface area is 104 Å². The van der Waals surface area contributed by atoms with Gasteiger partial charge in [-0.1, -0.05) is 12.1 Å². The van der Waals surface area contributed by atoms with Crippen molar-refractivity contribution in [3.05, 3.63) is 47.3 Å². The Balaban J connectivity index is 2.39. The van der Waals surface area contributed by atoms with Crippen molar-refractivity contribution in [2.45, 2.75) is 13.8 Å². The molecule has 0 amide bonds. The van der Waals surface area contributed by atoms with Crippen molar-refractivity contribution in [2.75, 3.05) is 0 Å². The third-order valence-electron chi connectivity index (χ3n) is 2.39. The number of carboxylic acids is 1. The van der Waals surface area contributed by atoms with Crippen LogP contribution in [0.4, 0.5) is 0 Å². The van der Waals surface area contributed by atoms with Crippen LogP contribution in [0, 0.1) is 13.8 Å². The molecule has 0 aliphatic rings. The van der Waals surface area contributed by atoms with Gasteiger partial charge in [0.05, 0.1) is 0 Å². The summed E-state index contributed by atoms with van der Waals surface area (Å²) in [6, 6.07) is 5.06. The molecule has 0 saturated heterocycles. The summed E-state index contributed by atoms with van der Waals surface area (Å²) in [6.45, 7) is 3.64. The van der Waals surface area contributed by atoms with Crippen LogP contribution in [0.5, 0.6) is 11.8 Å². The first-order valence-electron chi connectivity index (χ1n) is 5.37. The Morgan fingerprint density at radius 2 is 1.89 bits per heavy atom. The second-order valence-electron chi connectivity index (χ2n) is 3.90. The molecule has 1 aromatic carbocycles. The molecule has 92 valence electrons. The zero-order valence-corrected chi connectivity index (χ0v) is 10.0. The maximum absolute atomic E-state index is 11.1. The number of ether oxygens (including phenoxy) is 1. The number of hydrogen-bond donors (Lipinski definition) is 1. The molecule has 0 unspecified atom stereocenters. The van der Waals surface area contributed by atoms with Crippen molar-refractivity contribution in [1.29, 1.82) is 0 Å². The summed E-state index contributed by atoms with van der Waals surface area (Å²) in [5.41, 5.74) is 1.73. The number of benzene rings is 1. The smallest absolute Gasteiger partial charge is 0.339 e. The monoisotopic (exact) mass is 244 g/mol. The predicted octanol–water partition coefficient (Wildman–Crippen LogP) is 2.58. The van der Waals surface area contributed by atoms with Gasteiger partial charge >= 0.3 is 12.0 Å². The zero-order valence-electron chi connectivity index (χ0n) is 10.0. The Morgan fingerprint density at radius 3 is 2.50 bits per heavy atom. The SMILES string of the molecule is Cc1cnc(Oc2c(C)cccc2C(=O)O)nc1. The van der Waals surface area contributed by atoms with Crippen molar-refractivity contribution in [2.24, 2.45) is 0 Å². The lowest BCUT2D eigenvalue weighted by Crippen LogP contribution is -2.03. The largest absolute Gasteiger partial charge is 0.478 e. The standard InChI is InChI=1S/C13H12N2O3/c1-8-6-14-13(15-7-8)18-11-9(2)4-3-5-10(11)12(16)17/h3-7H,1-2H3,(H,16,17). The van der Waals surface area contributed by atoms with E-state index in [0.717, 1.165) is 11.1 Å². The summed E-state index contributed by atoms with van der Waals surface area (Å²) in [6.07, 6.45) is 3.22. The maximum atomic E-state index is 11.1. The van der Waals surface area contributed by atoms with E-state index >= 15 is 0 Å². The number of carbonyl (C=O) groups is 1. The van der Waals surface area contributed by atoms with Crippen LogP contribution >= 0.6 is 0 Å². The van der Waals surface area contributed by atoms with E-state index in [1.165, 1.54) is 6.07 Å². The van der Waals surface area contributed by atoms with Gasteiger partial charge in [0.25, 0.3) is 0 Å². The fourth-order valence-corrected chi connectivity index (χ4v) is 1.48.